The van der Waals surface area contributed by atoms with Crippen molar-refractivity contribution in [2.75, 3.05) is 19.0 Å². The summed E-state index contributed by atoms with van der Waals surface area (Å²) < 4.78 is 18.4. The molecule has 3 aromatic heterocycles. The smallest absolute Gasteiger partial charge is 0.410 e. The minimum atomic E-state index is -0.567. The fourth-order valence-corrected chi connectivity index (χ4v) is 4.40. The van der Waals surface area contributed by atoms with Crippen LogP contribution in [0.2, 0.25) is 0 Å². The van der Waals surface area contributed by atoms with E-state index in [2.05, 4.69) is 20.4 Å². The third kappa shape index (κ3) is 5.33. The van der Waals surface area contributed by atoms with Gasteiger partial charge in [-0.25, -0.2) is 14.8 Å². The van der Waals surface area contributed by atoms with Gasteiger partial charge in [0.05, 0.1) is 31.2 Å². The number of carbonyl (C=O) groups excluding carboxylic acids is 2. The topological polar surface area (TPSA) is 125 Å². The molecule has 202 valence electrons. The fourth-order valence-electron chi connectivity index (χ4n) is 4.40. The van der Waals surface area contributed by atoms with Gasteiger partial charge in [0.2, 0.25) is 5.88 Å². The number of nitrogens with zero attached hydrogens (tertiary/aromatic N) is 5. The Labute approximate surface area is 225 Å². The molecule has 0 spiro atoms. The van der Waals surface area contributed by atoms with Crippen molar-refractivity contribution in [1.29, 1.82) is 0 Å². The first kappa shape index (κ1) is 26.0. The molecule has 0 bridgehead atoms. The molecule has 0 aliphatic carbocycles. The van der Waals surface area contributed by atoms with Crippen LogP contribution in [0, 0.1) is 6.92 Å². The van der Waals surface area contributed by atoms with Gasteiger partial charge in [0.1, 0.15) is 34.1 Å². The number of ether oxygens (including phenoxy) is 2. The van der Waals surface area contributed by atoms with Crippen LogP contribution in [0.3, 0.4) is 0 Å². The second-order valence-electron chi connectivity index (χ2n) is 10.1. The number of imidazole rings is 1. The molecule has 4 aromatic rings. The predicted octanol–water partition coefficient (Wildman–Crippen LogP) is 4.92. The molecule has 11 nitrogen and oxygen atoms in total. The Balaban J connectivity index is 1.36. The predicted molar refractivity (Wildman–Crippen MR) is 143 cm³/mol. The number of amides is 2. The number of hydrogen-bond acceptors (Lipinski definition) is 8. The maximum atomic E-state index is 13.3. The molecule has 39 heavy (non-hydrogen) atoms. The van der Waals surface area contributed by atoms with Crippen LogP contribution < -0.4 is 10.1 Å². The number of hydrogen-bond donors (Lipinski definition) is 1. The van der Waals surface area contributed by atoms with Crippen molar-refractivity contribution in [3.63, 3.8) is 0 Å². The zero-order chi connectivity index (χ0) is 27.7. The zero-order valence-corrected chi connectivity index (χ0v) is 22.5. The highest BCUT2D eigenvalue weighted by Gasteiger charge is 2.28. The molecule has 1 N–H and O–H groups in total. The molecule has 0 radical (unpaired) electrons. The third-order valence-electron chi connectivity index (χ3n) is 6.22. The van der Waals surface area contributed by atoms with Crippen LogP contribution in [0.4, 0.5) is 10.5 Å². The lowest BCUT2D eigenvalue weighted by atomic mass is 10.1. The molecule has 0 unspecified atom stereocenters. The average Bonchev–Trinajstić information content (AvgIpc) is 3.51. The van der Waals surface area contributed by atoms with Crippen LogP contribution in [-0.4, -0.2) is 55.8 Å². The number of methoxy groups -OCH3 is 1. The van der Waals surface area contributed by atoms with Crippen molar-refractivity contribution in [2.24, 2.45) is 0 Å². The molecular formula is C28H30N6O5. The number of aryl methyl sites for hydroxylation is 1. The summed E-state index contributed by atoms with van der Waals surface area (Å²) in [5, 5.41) is 6.97. The molecule has 1 aromatic carbocycles. The Hall–Kier alpha value is -4.67. The van der Waals surface area contributed by atoms with Crippen molar-refractivity contribution >= 4 is 17.7 Å². The summed E-state index contributed by atoms with van der Waals surface area (Å²) in [7, 11) is 1.49. The number of aromatic nitrogens is 4. The average molecular weight is 531 g/mol. The zero-order valence-electron chi connectivity index (χ0n) is 22.5. The van der Waals surface area contributed by atoms with E-state index in [4.69, 9.17) is 14.0 Å². The Morgan fingerprint density at radius 3 is 2.56 bits per heavy atom. The molecular weight excluding hydrogens is 500 g/mol. The highest BCUT2D eigenvalue weighted by Crippen LogP contribution is 2.31. The first-order valence-corrected chi connectivity index (χ1v) is 12.6. The molecule has 1 aliphatic heterocycles. The van der Waals surface area contributed by atoms with Crippen molar-refractivity contribution in [1.82, 2.24) is 24.6 Å². The maximum absolute atomic E-state index is 13.3. The van der Waals surface area contributed by atoms with E-state index in [1.807, 2.05) is 55.7 Å². The Morgan fingerprint density at radius 1 is 1.08 bits per heavy atom. The normalized spacial score (nSPS) is 13.1. The number of pyridine rings is 1. The fraction of sp³-hybridized carbons (Fsp3) is 0.321. The minimum absolute atomic E-state index is 0.248. The highest BCUT2D eigenvalue weighted by molar-refractivity contribution is 6.09. The summed E-state index contributed by atoms with van der Waals surface area (Å²) in [6.45, 7) is 8.58. The van der Waals surface area contributed by atoms with Gasteiger partial charge in [0, 0.05) is 18.7 Å². The summed E-state index contributed by atoms with van der Waals surface area (Å²) in [6.07, 6.45) is 1.36. The van der Waals surface area contributed by atoms with E-state index >= 15 is 0 Å². The third-order valence-corrected chi connectivity index (χ3v) is 6.22. The quantitative estimate of drug-likeness (QED) is 0.386. The van der Waals surface area contributed by atoms with Gasteiger partial charge in [0.25, 0.3) is 5.91 Å². The van der Waals surface area contributed by atoms with Gasteiger partial charge in [-0.1, -0.05) is 35.5 Å². The largest absolute Gasteiger partial charge is 0.479 e. The Morgan fingerprint density at radius 2 is 1.85 bits per heavy atom. The molecule has 0 saturated heterocycles. The Bertz CT molecular complexity index is 1520. The number of carbonyl (C=O) groups is 2. The van der Waals surface area contributed by atoms with Crippen molar-refractivity contribution in [2.45, 2.75) is 46.4 Å². The van der Waals surface area contributed by atoms with Gasteiger partial charge in [-0.2, -0.15) is 0 Å². The van der Waals surface area contributed by atoms with E-state index in [-0.39, 0.29) is 17.9 Å². The van der Waals surface area contributed by atoms with E-state index in [0.29, 0.717) is 48.0 Å². The number of nitrogens with one attached hydrogen (secondary N) is 1. The van der Waals surface area contributed by atoms with E-state index < -0.39 is 5.60 Å². The van der Waals surface area contributed by atoms with Gasteiger partial charge in [0.15, 0.2) is 0 Å². The van der Waals surface area contributed by atoms with E-state index in [1.54, 1.807) is 30.2 Å². The summed E-state index contributed by atoms with van der Waals surface area (Å²) in [6, 6.07) is 12.9. The standard InChI is InChI=1S/C28H30N6O5/c1-17-23(24(32-39-17)18-9-7-6-8-10-18)25(35)30-20-12-11-19(31-26(20)37-5)21-15-29-22-16-33(13-14-34(21)22)27(36)38-28(2,3)4/h6-12,15H,13-14,16H2,1-5H3,(H,30,35). The number of benzene rings is 1. The van der Waals surface area contributed by atoms with Crippen LogP contribution in [0.1, 0.15) is 42.7 Å². The van der Waals surface area contributed by atoms with Crippen LogP contribution in [-0.2, 0) is 17.8 Å². The molecule has 5 rings (SSSR count). The van der Waals surface area contributed by atoms with E-state index in [1.165, 1.54) is 7.11 Å². The van der Waals surface area contributed by atoms with Crippen molar-refractivity contribution in [3.05, 3.63) is 65.8 Å². The molecule has 0 saturated carbocycles. The summed E-state index contributed by atoms with van der Waals surface area (Å²) in [5.41, 5.74) is 2.82. The van der Waals surface area contributed by atoms with Crippen molar-refractivity contribution < 1.29 is 23.6 Å². The number of fused-ring (bicyclic) bond motifs is 1. The van der Waals surface area contributed by atoms with E-state index in [0.717, 1.165) is 17.1 Å². The molecule has 0 atom stereocenters. The molecule has 2 amide bonds. The lowest BCUT2D eigenvalue weighted by molar-refractivity contribution is 0.0195. The lowest BCUT2D eigenvalue weighted by Gasteiger charge is -2.30. The SMILES string of the molecule is COc1nc(-c2cnc3n2CCN(C(=O)OC(C)(C)C)C3)ccc1NC(=O)c1c(-c2ccccc2)noc1C. The van der Waals surface area contributed by atoms with Gasteiger partial charge in [-0.3, -0.25) is 9.69 Å². The molecule has 4 heterocycles. The van der Waals surface area contributed by atoms with E-state index in [9.17, 15) is 9.59 Å². The minimum Gasteiger partial charge on any atom is -0.479 e. The number of anilines is 1. The Kier molecular flexibility index (Phi) is 6.81. The summed E-state index contributed by atoms with van der Waals surface area (Å²) in [4.78, 5) is 36.6. The second-order valence-corrected chi connectivity index (χ2v) is 10.1. The summed E-state index contributed by atoms with van der Waals surface area (Å²) >= 11 is 0. The van der Waals surface area contributed by atoms with Gasteiger partial charge < -0.3 is 23.9 Å². The van der Waals surface area contributed by atoms with Gasteiger partial charge in [-0.15, -0.1) is 0 Å². The first-order chi connectivity index (χ1) is 18.6. The second kappa shape index (κ2) is 10.2. The molecule has 11 heteroatoms. The highest BCUT2D eigenvalue weighted by atomic mass is 16.6. The summed E-state index contributed by atoms with van der Waals surface area (Å²) in [5.74, 6) is 1.00. The van der Waals surface area contributed by atoms with Gasteiger partial charge >= 0.3 is 6.09 Å². The maximum Gasteiger partial charge on any atom is 0.410 e. The number of rotatable bonds is 5. The lowest BCUT2D eigenvalue weighted by Crippen LogP contribution is -2.41. The molecule has 1 aliphatic rings. The van der Waals surface area contributed by atoms with Crippen LogP contribution >= 0.6 is 0 Å². The molecule has 0 fully saturated rings. The monoisotopic (exact) mass is 530 g/mol. The van der Waals surface area contributed by atoms with Crippen LogP contribution in [0.15, 0.2) is 53.2 Å². The van der Waals surface area contributed by atoms with Crippen LogP contribution in [0.5, 0.6) is 5.88 Å². The van der Waals surface area contributed by atoms with Crippen molar-refractivity contribution in [3.8, 4) is 28.5 Å². The van der Waals surface area contributed by atoms with Crippen LogP contribution in [0.25, 0.3) is 22.6 Å². The first-order valence-electron chi connectivity index (χ1n) is 12.6. The van der Waals surface area contributed by atoms with Gasteiger partial charge in [-0.05, 0) is 39.8 Å².